The van der Waals surface area contributed by atoms with Gasteiger partial charge in [0.15, 0.2) is 0 Å². The largest absolute Gasteiger partial charge is 0.478 e. The molecule has 0 aliphatic carbocycles. The van der Waals surface area contributed by atoms with Crippen molar-refractivity contribution in [2.75, 3.05) is 5.32 Å². The lowest BCUT2D eigenvalue weighted by atomic mass is 10.2. The van der Waals surface area contributed by atoms with E-state index < -0.39 is 11.9 Å². The topological polar surface area (TPSA) is 92.2 Å². The summed E-state index contributed by atoms with van der Waals surface area (Å²) in [6.07, 6.45) is 0. The smallest absolute Gasteiger partial charge is 0.337 e. The van der Waals surface area contributed by atoms with Gasteiger partial charge in [-0.1, -0.05) is 16.6 Å². The Hall–Kier alpha value is -2.28. The molecular formula is C11H9N3O3S. The van der Waals surface area contributed by atoms with E-state index in [4.69, 9.17) is 5.11 Å². The van der Waals surface area contributed by atoms with Crippen molar-refractivity contribution in [2.24, 2.45) is 0 Å². The first-order chi connectivity index (χ1) is 8.59. The summed E-state index contributed by atoms with van der Waals surface area (Å²) in [5.74, 6) is -1.50. The van der Waals surface area contributed by atoms with Crippen molar-refractivity contribution in [3.63, 3.8) is 0 Å². The lowest BCUT2D eigenvalue weighted by Crippen LogP contribution is -2.14. The van der Waals surface area contributed by atoms with Crippen LogP contribution in [0.5, 0.6) is 0 Å². The number of hydrogen-bond acceptors (Lipinski definition) is 5. The van der Waals surface area contributed by atoms with Crippen molar-refractivity contribution in [1.29, 1.82) is 0 Å². The highest BCUT2D eigenvalue weighted by Crippen LogP contribution is 2.17. The van der Waals surface area contributed by atoms with E-state index in [-0.39, 0.29) is 11.3 Å². The Labute approximate surface area is 106 Å². The monoisotopic (exact) mass is 263 g/mol. The van der Waals surface area contributed by atoms with E-state index in [1.165, 1.54) is 12.1 Å². The normalized spacial score (nSPS) is 10.1. The molecule has 0 radical (unpaired) electrons. The molecule has 0 bridgehead atoms. The van der Waals surface area contributed by atoms with Crippen molar-refractivity contribution >= 4 is 29.1 Å². The first kappa shape index (κ1) is 12.2. The van der Waals surface area contributed by atoms with E-state index in [2.05, 4.69) is 14.9 Å². The van der Waals surface area contributed by atoms with E-state index in [1.54, 1.807) is 19.1 Å². The van der Waals surface area contributed by atoms with Gasteiger partial charge in [-0.3, -0.25) is 4.79 Å². The molecule has 7 heteroatoms. The fourth-order valence-corrected chi connectivity index (χ4v) is 1.95. The number of anilines is 1. The molecule has 0 spiro atoms. The van der Waals surface area contributed by atoms with E-state index in [1.807, 2.05) is 0 Å². The van der Waals surface area contributed by atoms with Gasteiger partial charge in [-0.25, -0.2) is 4.79 Å². The van der Waals surface area contributed by atoms with Crippen LogP contribution >= 0.6 is 11.5 Å². The molecule has 1 aromatic carbocycles. The van der Waals surface area contributed by atoms with Gasteiger partial charge >= 0.3 is 5.97 Å². The number of carbonyl (C=O) groups excluding carboxylic acids is 1. The summed E-state index contributed by atoms with van der Waals surface area (Å²) in [5, 5.41) is 15.3. The zero-order valence-corrected chi connectivity index (χ0v) is 10.2. The maximum absolute atomic E-state index is 11.9. The number of rotatable bonds is 3. The average Bonchev–Trinajstić information content (AvgIpc) is 2.76. The van der Waals surface area contributed by atoms with Crippen molar-refractivity contribution < 1.29 is 14.7 Å². The van der Waals surface area contributed by atoms with E-state index in [9.17, 15) is 9.59 Å². The van der Waals surface area contributed by atoms with Gasteiger partial charge in [-0.15, -0.1) is 5.10 Å². The second-order valence-corrected chi connectivity index (χ2v) is 4.25. The van der Waals surface area contributed by atoms with Gasteiger partial charge in [0.1, 0.15) is 4.88 Å². The number of hydrogen-bond donors (Lipinski definition) is 2. The van der Waals surface area contributed by atoms with Gasteiger partial charge < -0.3 is 10.4 Å². The number of aryl methyl sites for hydroxylation is 1. The maximum Gasteiger partial charge on any atom is 0.337 e. The number of nitrogens with one attached hydrogen (secondary N) is 1. The Morgan fingerprint density at radius 2 is 2.06 bits per heavy atom. The number of carboxylic acid groups (broad SMARTS) is 1. The molecule has 92 valence electrons. The van der Waals surface area contributed by atoms with E-state index >= 15 is 0 Å². The fourth-order valence-electron chi connectivity index (χ4n) is 1.40. The Morgan fingerprint density at radius 1 is 1.33 bits per heavy atom. The first-order valence-corrected chi connectivity index (χ1v) is 5.79. The number of aromatic carboxylic acids is 1. The molecule has 0 atom stereocenters. The van der Waals surface area contributed by atoms with E-state index in [0.717, 1.165) is 11.5 Å². The van der Waals surface area contributed by atoms with Crippen molar-refractivity contribution in [1.82, 2.24) is 9.59 Å². The average molecular weight is 263 g/mol. The lowest BCUT2D eigenvalue weighted by molar-refractivity contribution is 0.0698. The van der Waals surface area contributed by atoms with Crippen LogP contribution in [0, 0.1) is 6.92 Å². The zero-order chi connectivity index (χ0) is 13.1. The number of para-hydroxylation sites is 1. The second-order valence-electron chi connectivity index (χ2n) is 3.49. The molecule has 2 aromatic rings. The van der Waals surface area contributed by atoms with Gasteiger partial charge in [0.05, 0.1) is 16.9 Å². The minimum absolute atomic E-state index is 0.0426. The fraction of sp³-hybridized carbons (Fsp3) is 0.0909. The quantitative estimate of drug-likeness (QED) is 0.880. The van der Waals surface area contributed by atoms with Gasteiger partial charge in [0, 0.05) is 0 Å². The minimum atomic E-state index is -1.09. The lowest BCUT2D eigenvalue weighted by Gasteiger charge is -2.06. The molecule has 18 heavy (non-hydrogen) atoms. The molecule has 0 saturated heterocycles. The maximum atomic E-state index is 11.9. The molecule has 1 aromatic heterocycles. The molecule has 0 fully saturated rings. The number of amides is 1. The van der Waals surface area contributed by atoms with Gasteiger partial charge in [0.2, 0.25) is 0 Å². The van der Waals surface area contributed by atoms with Crippen LogP contribution in [0.2, 0.25) is 0 Å². The number of aromatic nitrogens is 2. The SMILES string of the molecule is Cc1nnsc1C(=O)Nc1ccccc1C(=O)O. The number of benzene rings is 1. The summed E-state index contributed by atoms with van der Waals surface area (Å²) in [6, 6.07) is 6.21. The van der Waals surface area contributed by atoms with Crippen LogP contribution in [0.1, 0.15) is 25.7 Å². The number of carbonyl (C=O) groups is 2. The van der Waals surface area contributed by atoms with Gasteiger partial charge in [0.25, 0.3) is 5.91 Å². The third-order valence-electron chi connectivity index (χ3n) is 2.26. The van der Waals surface area contributed by atoms with Crippen LogP contribution < -0.4 is 5.32 Å². The van der Waals surface area contributed by atoms with Crippen molar-refractivity contribution in [3.05, 3.63) is 40.4 Å². The molecule has 0 aliphatic rings. The zero-order valence-electron chi connectivity index (χ0n) is 9.38. The molecule has 0 unspecified atom stereocenters. The second kappa shape index (κ2) is 4.92. The first-order valence-electron chi connectivity index (χ1n) is 5.02. The molecule has 0 saturated carbocycles. The number of carboxylic acids is 1. The molecule has 0 aliphatic heterocycles. The molecule has 2 N–H and O–H groups in total. The number of nitrogens with zero attached hydrogens (tertiary/aromatic N) is 2. The Kier molecular flexibility index (Phi) is 3.33. The van der Waals surface area contributed by atoms with Crippen molar-refractivity contribution in [2.45, 2.75) is 6.92 Å². The standard InChI is InChI=1S/C11H9N3O3S/c1-6-9(18-14-13-6)10(15)12-8-5-3-2-4-7(8)11(16)17/h2-5H,1H3,(H,12,15)(H,16,17). The third kappa shape index (κ3) is 2.35. The van der Waals surface area contributed by atoms with Crippen LogP contribution in [0.4, 0.5) is 5.69 Å². The van der Waals surface area contributed by atoms with Crippen LogP contribution in [0.15, 0.2) is 24.3 Å². The van der Waals surface area contributed by atoms with Gasteiger partial charge in [-0.2, -0.15) is 0 Å². The predicted molar refractivity (Wildman–Crippen MR) is 66.0 cm³/mol. The van der Waals surface area contributed by atoms with Crippen molar-refractivity contribution in [3.8, 4) is 0 Å². The summed E-state index contributed by atoms with van der Waals surface area (Å²) in [6.45, 7) is 1.67. The van der Waals surface area contributed by atoms with Crippen LogP contribution in [0.3, 0.4) is 0 Å². The van der Waals surface area contributed by atoms with Crippen LogP contribution in [-0.4, -0.2) is 26.6 Å². The molecule has 1 heterocycles. The summed E-state index contributed by atoms with van der Waals surface area (Å²) >= 11 is 0.971. The molecule has 1 amide bonds. The summed E-state index contributed by atoms with van der Waals surface area (Å²) in [4.78, 5) is 23.3. The Bertz CT molecular complexity index is 609. The third-order valence-corrected chi connectivity index (χ3v) is 3.09. The van der Waals surface area contributed by atoms with Gasteiger partial charge in [-0.05, 0) is 30.6 Å². The summed E-state index contributed by atoms with van der Waals surface area (Å²) in [5.41, 5.74) is 0.814. The highest BCUT2D eigenvalue weighted by molar-refractivity contribution is 7.08. The predicted octanol–water partition coefficient (Wildman–Crippen LogP) is 1.80. The highest BCUT2D eigenvalue weighted by atomic mass is 32.1. The van der Waals surface area contributed by atoms with Crippen LogP contribution in [-0.2, 0) is 0 Å². The minimum Gasteiger partial charge on any atom is -0.478 e. The van der Waals surface area contributed by atoms with Crippen LogP contribution in [0.25, 0.3) is 0 Å². The summed E-state index contributed by atoms with van der Waals surface area (Å²) < 4.78 is 3.66. The molecule has 6 nitrogen and oxygen atoms in total. The molecular weight excluding hydrogens is 254 g/mol. The molecule has 2 rings (SSSR count). The van der Waals surface area contributed by atoms with E-state index in [0.29, 0.717) is 10.6 Å². The highest BCUT2D eigenvalue weighted by Gasteiger charge is 2.16. The Morgan fingerprint density at radius 3 is 2.67 bits per heavy atom. The Balaban J connectivity index is 2.28. The summed E-state index contributed by atoms with van der Waals surface area (Å²) in [7, 11) is 0.